The zero-order valence-electron chi connectivity index (χ0n) is 23.2. The summed E-state index contributed by atoms with van der Waals surface area (Å²) in [6.45, 7) is 11.9. The fraction of sp³-hybridized carbons (Fsp3) is 0.406. The molecule has 1 heterocycles. The zero-order valence-corrected chi connectivity index (χ0v) is 23.2. The summed E-state index contributed by atoms with van der Waals surface area (Å²) in [5.41, 5.74) is 5.39. The van der Waals surface area contributed by atoms with Gasteiger partial charge in [-0.1, -0.05) is 65.0 Å². The van der Waals surface area contributed by atoms with E-state index in [-0.39, 0.29) is 29.7 Å². The van der Waals surface area contributed by atoms with Crippen LogP contribution in [0.1, 0.15) is 75.4 Å². The van der Waals surface area contributed by atoms with Crippen LogP contribution in [0, 0.1) is 5.41 Å². The fourth-order valence-corrected chi connectivity index (χ4v) is 4.31. The molecule has 0 spiro atoms. The SMILES string of the molecule is CC(C)(CCCOc1ccc(C(=O)NCCC(=O)O)cc1)Cc1ccc(-c2ccc(C(C)(C)C)cc2)nc1. The average molecular weight is 517 g/mol. The van der Waals surface area contributed by atoms with Gasteiger partial charge in [-0.15, -0.1) is 0 Å². The third-order valence-electron chi connectivity index (χ3n) is 6.56. The van der Waals surface area contributed by atoms with Crippen LogP contribution in [0.4, 0.5) is 0 Å². The molecule has 0 atom stereocenters. The number of ether oxygens (including phenoxy) is 1. The van der Waals surface area contributed by atoms with Gasteiger partial charge in [-0.05, 0) is 71.6 Å². The lowest BCUT2D eigenvalue weighted by Crippen LogP contribution is -2.25. The normalized spacial score (nSPS) is 11.7. The van der Waals surface area contributed by atoms with E-state index in [9.17, 15) is 9.59 Å². The van der Waals surface area contributed by atoms with Crippen LogP contribution in [0.3, 0.4) is 0 Å². The number of hydrogen-bond donors (Lipinski definition) is 2. The number of hydrogen-bond acceptors (Lipinski definition) is 4. The highest BCUT2D eigenvalue weighted by atomic mass is 16.5. The highest BCUT2D eigenvalue weighted by molar-refractivity contribution is 5.94. The molecule has 0 radical (unpaired) electrons. The van der Waals surface area contributed by atoms with E-state index in [0.29, 0.717) is 17.9 Å². The van der Waals surface area contributed by atoms with Gasteiger partial charge < -0.3 is 15.2 Å². The van der Waals surface area contributed by atoms with Crippen molar-refractivity contribution >= 4 is 11.9 Å². The number of aliphatic carboxylic acids is 1. The standard InChI is InChI=1S/C32H40N2O4/c1-31(2,3)26-12-8-24(9-13-26)28-16-7-23(22-34-28)21-32(4,5)18-6-20-38-27-14-10-25(11-15-27)30(37)33-19-17-29(35)36/h7-16,22H,6,17-21H2,1-5H3,(H,33,37)(H,35,36). The van der Waals surface area contributed by atoms with Crippen LogP contribution < -0.4 is 10.1 Å². The Morgan fingerprint density at radius 2 is 1.61 bits per heavy atom. The predicted molar refractivity (Wildman–Crippen MR) is 152 cm³/mol. The quantitative estimate of drug-likeness (QED) is 0.262. The van der Waals surface area contributed by atoms with Crippen molar-refractivity contribution in [3.63, 3.8) is 0 Å². The molecule has 6 heteroatoms. The van der Waals surface area contributed by atoms with E-state index in [1.165, 1.54) is 11.1 Å². The molecule has 0 fully saturated rings. The summed E-state index contributed by atoms with van der Waals surface area (Å²) in [6, 6.07) is 19.9. The number of pyridine rings is 1. The zero-order chi connectivity index (χ0) is 27.8. The molecule has 0 saturated heterocycles. The van der Waals surface area contributed by atoms with Gasteiger partial charge in [0.05, 0.1) is 18.7 Å². The molecular formula is C32H40N2O4. The number of nitrogens with zero attached hydrogens (tertiary/aromatic N) is 1. The van der Waals surface area contributed by atoms with Gasteiger partial charge in [-0.2, -0.15) is 0 Å². The summed E-state index contributed by atoms with van der Waals surface area (Å²) in [5, 5.41) is 11.3. The van der Waals surface area contributed by atoms with Crippen LogP contribution >= 0.6 is 0 Å². The summed E-state index contributed by atoms with van der Waals surface area (Å²) < 4.78 is 5.87. The molecule has 0 bridgehead atoms. The monoisotopic (exact) mass is 516 g/mol. The molecule has 6 nitrogen and oxygen atoms in total. The first-order valence-electron chi connectivity index (χ1n) is 13.2. The van der Waals surface area contributed by atoms with Crippen molar-refractivity contribution in [3.8, 4) is 17.0 Å². The van der Waals surface area contributed by atoms with Gasteiger partial charge in [0.25, 0.3) is 5.91 Å². The molecule has 0 aliphatic rings. The third kappa shape index (κ3) is 9.02. The molecule has 0 aliphatic carbocycles. The van der Waals surface area contributed by atoms with Gasteiger partial charge in [-0.3, -0.25) is 14.6 Å². The molecular weight excluding hydrogens is 476 g/mol. The molecule has 38 heavy (non-hydrogen) atoms. The first-order valence-corrected chi connectivity index (χ1v) is 13.2. The molecule has 0 aliphatic heterocycles. The minimum Gasteiger partial charge on any atom is -0.494 e. The Morgan fingerprint density at radius 3 is 2.18 bits per heavy atom. The number of carbonyl (C=O) groups excluding carboxylic acids is 1. The van der Waals surface area contributed by atoms with Crippen molar-refractivity contribution in [2.45, 2.75) is 65.7 Å². The van der Waals surface area contributed by atoms with Crippen molar-refractivity contribution < 1.29 is 19.4 Å². The number of carboxylic acids is 1. The lowest BCUT2D eigenvalue weighted by molar-refractivity contribution is -0.136. The summed E-state index contributed by atoms with van der Waals surface area (Å²) in [7, 11) is 0. The molecule has 3 rings (SSSR count). The molecule has 202 valence electrons. The Labute approximate surface area is 226 Å². The Bertz CT molecular complexity index is 1190. The predicted octanol–water partition coefficient (Wildman–Crippen LogP) is 6.68. The van der Waals surface area contributed by atoms with Crippen LogP contribution in [0.25, 0.3) is 11.3 Å². The maximum Gasteiger partial charge on any atom is 0.305 e. The van der Waals surface area contributed by atoms with Crippen molar-refractivity contribution in [1.82, 2.24) is 10.3 Å². The van der Waals surface area contributed by atoms with Crippen molar-refractivity contribution in [2.75, 3.05) is 13.2 Å². The maximum absolute atomic E-state index is 12.0. The number of carbonyl (C=O) groups is 2. The molecule has 1 amide bonds. The van der Waals surface area contributed by atoms with Crippen LogP contribution in [0.5, 0.6) is 5.75 Å². The van der Waals surface area contributed by atoms with Gasteiger partial charge >= 0.3 is 5.97 Å². The highest BCUT2D eigenvalue weighted by Gasteiger charge is 2.19. The first kappa shape index (κ1) is 28.9. The summed E-state index contributed by atoms with van der Waals surface area (Å²) >= 11 is 0. The van der Waals surface area contributed by atoms with Crippen molar-refractivity contribution in [3.05, 3.63) is 83.6 Å². The van der Waals surface area contributed by atoms with Crippen molar-refractivity contribution in [2.24, 2.45) is 5.41 Å². The second kappa shape index (κ2) is 12.7. The second-order valence-corrected chi connectivity index (χ2v) is 11.6. The summed E-state index contributed by atoms with van der Waals surface area (Å²) in [4.78, 5) is 27.3. The fourth-order valence-electron chi connectivity index (χ4n) is 4.31. The van der Waals surface area contributed by atoms with Crippen LogP contribution in [0.15, 0.2) is 66.9 Å². The first-order chi connectivity index (χ1) is 17.9. The molecule has 2 aromatic carbocycles. The molecule has 2 N–H and O–H groups in total. The largest absolute Gasteiger partial charge is 0.494 e. The average Bonchev–Trinajstić information content (AvgIpc) is 2.86. The smallest absolute Gasteiger partial charge is 0.305 e. The van der Waals surface area contributed by atoms with Gasteiger partial charge in [0.2, 0.25) is 0 Å². The van der Waals surface area contributed by atoms with Gasteiger partial charge in [0, 0.05) is 23.9 Å². The molecule has 1 aromatic heterocycles. The molecule has 3 aromatic rings. The third-order valence-corrected chi connectivity index (χ3v) is 6.56. The number of nitrogens with one attached hydrogen (secondary N) is 1. The van der Waals surface area contributed by atoms with Crippen LogP contribution in [-0.4, -0.2) is 35.1 Å². The molecule has 0 unspecified atom stereocenters. The van der Waals surface area contributed by atoms with E-state index in [1.54, 1.807) is 24.3 Å². The van der Waals surface area contributed by atoms with Gasteiger partial charge in [0.15, 0.2) is 0 Å². The maximum atomic E-state index is 12.0. The van der Waals surface area contributed by atoms with E-state index in [2.05, 4.69) is 76.3 Å². The minimum absolute atomic E-state index is 0.0999. The Hall–Kier alpha value is -3.67. The number of rotatable bonds is 12. The Balaban J connectivity index is 1.43. The van der Waals surface area contributed by atoms with Crippen LogP contribution in [-0.2, 0) is 16.6 Å². The van der Waals surface area contributed by atoms with E-state index >= 15 is 0 Å². The minimum atomic E-state index is -0.940. The van der Waals surface area contributed by atoms with E-state index in [4.69, 9.17) is 14.8 Å². The summed E-state index contributed by atoms with van der Waals surface area (Å²) in [6.07, 6.45) is 4.75. The lowest BCUT2D eigenvalue weighted by atomic mass is 9.82. The van der Waals surface area contributed by atoms with Gasteiger partial charge in [0.1, 0.15) is 5.75 Å². The van der Waals surface area contributed by atoms with E-state index in [0.717, 1.165) is 30.5 Å². The van der Waals surface area contributed by atoms with E-state index in [1.807, 2.05) is 6.20 Å². The number of carboxylic acid groups (broad SMARTS) is 1. The van der Waals surface area contributed by atoms with Crippen molar-refractivity contribution in [1.29, 1.82) is 0 Å². The van der Waals surface area contributed by atoms with Crippen LogP contribution in [0.2, 0.25) is 0 Å². The van der Waals surface area contributed by atoms with E-state index < -0.39 is 5.97 Å². The number of aromatic nitrogens is 1. The Morgan fingerprint density at radius 1 is 0.921 bits per heavy atom. The highest BCUT2D eigenvalue weighted by Crippen LogP contribution is 2.29. The topological polar surface area (TPSA) is 88.5 Å². The second-order valence-electron chi connectivity index (χ2n) is 11.6. The van der Waals surface area contributed by atoms with Gasteiger partial charge in [-0.25, -0.2) is 0 Å². The lowest BCUT2D eigenvalue weighted by Gasteiger charge is -2.24. The Kier molecular flexibility index (Phi) is 9.67. The number of amides is 1. The summed E-state index contributed by atoms with van der Waals surface area (Å²) in [5.74, 6) is -0.523. The molecule has 0 saturated carbocycles. The number of benzene rings is 2.